The van der Waals surface area contributed by atoms with Crippen LogP contribution < -0.4 is 4.90 Å². The number of hydrogen-bond donors (Lipinski definition) is 0. The molecule has 182 valence electrons. The fourth-order valence-corrected chi connectivity index (χ4v) is 4.64. The molecule has 2 saturated heterocycles. The maximum Gasteiger partial charge on any atom is 0.417 e. The molecular formula is C25H29F3N4O2. The van der Waals surface area contributed by atoms with E-state index in [0.717, 1.165) is 24.8 Å². The normalized spacial score (nSPS) is 18.6. The number of para-hydroxylation sites is 1. The van der Waals surface area contributed by atoms with E-state index in [1.165, 1.54) is 23.1 Å². The third-order valence-electron chi connectivity index (χ3n) is 6.68. The summed E-state index contributed by atoms with van der Waals surface area (Å²) in [6.45, 7) is 6.13. The number of rotatable bonds is 4. The second-order valence-electron chi connectivity index (χ2n) is 8.70. The van der Waals surface area contributed by atoms with Gasteiger partial charge in [-0.25, -0.2) is 0 Å². The number of hydrogen-bond acceptors (Lipinski definition) is 4. The molecule has 2 aromatic rings. The second kappa shape index (κ2) is 10.0. The second-order valence-corrected chi connectivity index (χ2v) is 8.70. The highest BCUT2D eigenvalue weighted by molar-refractivity contribution is 5.96. The lowest BCUT2D eigenvalue weighted by molar-refractivity contribution is -0.138. The van der Waals surface area contributed by atoms with Crippen LogP contribution in [-0.2, 0) is 11.0 Å². The third-order valence-corrected chi connectivity index (χ3v) is 6.68. The zero-order valence-corrected chi connectivity index (χ0v) is 19.2. The Morgan fingerprint density at radius 1 is 0.765 bits per heavy atom. The average molecular weight is 475 g/mol. The Morgan fingerprint density at radius 2 is 1.32 bits per heavy atom. The number of piperazine rings is 2. The number of halogens is 3. The molecule has 0 spiro atoms. The van der Waals surface area contributed by atoms with Crippen LogP contribution in [0.15, 0.2) is 54.6 Å². The van der Waals surface area contributed by atoms with Crippen LogP contribution in [0.2, 0.25) is 0 Å². The van der Waals surface area contributed by atoms with Gasteiger partial charge in [0, 0.05) is 58.0 Å². The van der Waals surface area contributed by atoms with Gasteiger partial charge in [-0.15, -0.1) is 0 Å². The summed E-state index contributed by atoms with van der Waals surface area (Å²) in [4.78, 5) is 33.5. The molecule has 6 nitrogen and oxygen atoms in total. The molecule has 0 N–H and O–H groups in total. The molecule has 2 aliphatic rings. The van der Waals surface area contributed by atoms with Crippen LogP contribution in [0.25, 0.3) is 0 Å². The Hall–Kier alpha value is -3.07. The SMILES string of the molecule is CC(C(=O)N1CCN(c2ccccc2)CC1)N1CCN(C(=O)c2ccccc2C(F)(F)F)CC1. The third kappa shape index (κ3) is 5.19. The molecule has 1 atom stereocenters. The Balaban J connectivity index is 1.30. The summed E-state index contributed by atoms with van der Waals surface area (Å²) in [5.41, 5.74) is -0.0972. The van der Waals surface area contributed by atoms with Gasteiger partial charge in [0.15, 0.2) is 0 Å². The lowest BCUT2D eigenvalue weighted by Crippen LogP contribution is -2.58. The standard InChI is InChI=1S/C25H29F3N4O2/c1-19(23(33)31-17-13-30(14-18-31)20-7-3-2-4-8-20)29-11-15-32(16-12-29)24(34)21-9-5-6-10-22(21)25(26,27)28/h2-10,19H,11-18H2,1H3. The summed E-state index contributed by atoms with van der Waals surface area (Å²) < 4.78 is 39.9. The molecule has 2 fully saturated rings. The van der Waals surface area contributed by atoms with E-state index in [2.05, 4.69) is 17.0 Å². The molecule has 4 rings (SSSR count). The fraction of sp³-hybridized carbons (Fsp3) is 0.440. The van der Waals surface area contributed by atoms with Gasteiger partial charge in [0.1, 0.15) is 0 Å². The average Bonchev–Trinajstić information content (AvgIpc) is 2.87. The van der Waals surface area contributed by atoms with Crippen molar-refractivity contribution in [1.82, 2.24) is 14.7 Å². The van der Waals surface area contributed by atoms with Crippen LogP contribution in [0.1, 0.15) is 22.8 Å². The quantitative estimate of drug-likeness (QED) is 0.683. The summed E-state index contributed by atoms with van der Waals surface area (Å²) in [7, 11) is 0. The zero-order valence-electron chi connectivity index (χ0n) is 19.2. The zero-order chi connectivity index (χ0) is 24.3. The summed E-state index contributed by atoms with van der Waals surface area (Å²) in [5.74, 6) is -0.571. The lowest BCUT2D eigenvalue weighted by Gasteiger charge is -2.41. The minimum absolute atomic E-state index is 0.0508. The highest BCUT2D eigenvalue weighted by Crippen LogP contribution is 2.32. The van der Waals surface area contributed by atoms with Crippen molar-refractivity contribution in [2.75, 3.05) is 57.3 Å². The van der Waals surface area contributed by atoms with Crippen LogP contribution in [0.4, 0.5) is 18.9 Å². The summed E-state index contributed by atoms with van der Waals surface area (Å²) in [5, 5.41) is 0. The molecule has 2 aromatic carbocycles. The lowest BCUT2D eigenvalue weighted by atomic mass is 10.1. The molecule has 0 saturated carbocycles. The smallest absolute Gasteiger partial charge is 0.368 e. The summed E-state index contributed by atoms with van der Waals surface area (Å²) in [6.07, 6.45) is -4.58. The minimum atomic E-state index is -4.58. The molecule has 2 amide bonds. The van der Waals surface area contributed by atoms with Gasteiger partial charge in [-0.2, -0.15) is 13.2 Å². The molecule has 0 bridgehead atoms. The maximum atomic E-state index is 13.3. The Morgan fingerprint density at radius 3 is 1.94 bits per heavy atom. The Labute approximate surface area is 197 Å². The summed E-state index contributed by atoms with van der Waals surface area (Å²) in [6, 6.07) is 14.6. The molecule has 0 radical (unpaired) electrons. The molecule has 1 unspecified atom stereocenters. The fourth-order valence-electron chi connectivity index (χ4n) is 4.64. The monoisotopic (exact) mass is 474 g/mol. The van der Waals surface area contributed by atoms with E-state index >= 15 is 0 Å². The maximum absolute atomic E-state index is 13.3. The first-order valence-electron chi connectivity index (χ1n) is 11.5. The predicted octanol–water partition coefficient (Wildman–Crippen LogP) is 3.20. The van der Waals surface area contributed by atoms with E-state index in [-0.39, 0.29) is 30.6 Å². The molecule has 34 heavy (non-hydrogen) atoms. The van der Waals surface area contributed by atoms with Gasteiger partial charge < -0.3 is 14.7 Å². The Bertz CT molecular complexity index is 999. The van der Waals surface area contributed by atoms with Gasteiger partial charge in [0.2, 0.25) is 5.91 Å². The van der Waals surface area contributed by atoms with Crippen molar-refractivity contribution < 1.29 is 22.8 Å². The molecule has 2 aliphatic heterocycles. The molecule has 9 heteroatoms. The van der Waals surface area contributed by atoms with Crippen molar-refractivity contribution in [3.05, 3.63) is 65.7 Å². The number of nitrogens with zero attached hydrogens (tertiary/aromatic N) is 4. The van der Waals surface area contributed by atoms with Crippen molar-refractivity contribution in [1.29, 1.82) is 0 Å². The van der Waals surface area contributed by atoms with E-state index in [0.29, 0.717) is 26.2 Å². The van der Waals surface area contributed by atoms with Gasteiger partial charge in [-0.3, -0.25) is 14.5 Å². The highest BCUT2D eigenvalue weighted by Gasteiger charge is 2.37. The summed E-state index contributed by atoms with van der Waals surface area (Å²) >= 11 is 0. The molecule has 0 aromatic heterocycles. The van der Waals surface area contributed by atoms with E-state index in [1.54, 1.807) is 0 Å². The topological polar surface area (TPSA) is 47.1 Å². The Kier molecular flexibility index (Phi) is 7.11. The van der Waals surface area contributed by atoms with Gasteiger partial charge >= 0.3 is 6.18 Å². The van der Waals surface area contributed by atoms with Crippen LogP contribution >= 0.6 is 0 Å². The van der Waals surface area contributed by atoms with Crippen molar-refractivity contribution in [3.8, 4) is 0 Å². The van der Waals surface area contributed by atoms with Gasteiger partial charge in [0.25, 0.3) is 5.91 Å². The van der Waals surface area contributed by atoms with Gasteiger partial charge in [-0.05, 0) is 31.2 Å². The number of amides is 2. The van der Waals surface area contributed by atoms with Crippen molar-refractivity contribution in [3.63, 3.8) is 0 Å². The van der Waals surface area contributed by atoms with E-state index in [4.69, 9.17) is 0 Å². The van der Waals surface area contributed by atoms with E-state index in [9.17, 15) is 22.8 Å². The minimum Gasteiger partial charge on any atom is -0.368 e. The van der Waals surface area contributed by atoms with Crippen LogP contribution in [0.3, 0.4) is 0 Å². The number of alkyl halides is 3. The van der Waals surface area contributed by atoms with Gasteiger partial charge in [0.05, 0.1) is 17.2 Å². The van der Waals surface area contributed by atoms with Gasteiger partial charge in [-0.1, -0.05) is 30.3 Å². The van der Waals surface area contributed by atoms with E-state index in [1.807, 2.05) is 34.9 Å². The highest BCUT2D eigenvalue weighted by atomic mass is 19.4. The van der Waals surface area contributed by atoms with Crippen molar-refractivity contribution >= 4 is 17.5 Å². The molecule has 2 heterocycles. The first kappa shape index (κ1) is 24.1. The molecule has 0 aliphatic carbocycles. The number of benzene rings is 2. The number of anilines is 1. The number of carbonyl (C=O) groups is 2. The largest absolute Gasteiger partial charge is 0.417 e. The van der Waals surface area contributed by atoms with Crippen LogP contribution in [0.5, 0.6) is 0 Å². The van der Waals surface area contributed by atoms with Crippen molar-refractivity contribution in [2.45, 2.75) is 19.1 Å². The number of carbonyl (C=O) groups excluding carboxylic acids is 2. The van der Waals surface area contributed by atoms with Crippen LogP contribution in [-0.4, -0.2) is 84.9 Å². The predicted molar refractivity (Wildman–Crippen MR) is 124 cm³/mol. The first-order valence-corrected chi connectivity index (χ1v) is 11.5. The van der Waals surface area contributed by atoms with Crippen molar-refractivity contribution in [2.24, 2.45) is 0 Å². The molecular weight excluding hydrogens is 445 g/mol. The first-order chi connectivity index (χ1) is 16.3. The van der Waals surface area contributed by atoms with Crippen LogP contribution in [0, 0.1) is 0 Å². The van der Waals surface area contributed by atoms with E-state index < -0.39 is 17.6 Å².